The van der Waals surface area contributed by atoms with Gasteiger partial charge in [-0.1, -0.05) is 0 Å². The number of aromatic amines is 1. The lowest BCUT2D eigenvalue weighted by Gasteiger charge is -2.13. The van der Waals surface area contributed by atoms with Crippen LogP contribution < -0.4 is 10.9 Å². The zero-order chi connectivity index (χ0) is 23.9. The van der Waals surface area contributed by atoms with Gasteiger partial charge in [0.15, 0.2) is 0 Å². The normalized spacial score (nSPS) is 12.3. The topological polar surface area (TPSA) is 118 Å². The summed E-state index contributed by atoms with van der Waals surface area (Å²) in [4.78, 5) is 43.5. The largest absolute Gasteiger partial charge is 0.310 e. The van der Waals surface area contributed by atoms with E-state index in [0.717, 1.165) is 32.4 Å². The first-order valence-electron chi connectivity index (χ1n) is 10.4. The van der Waals surface area contributed by atoms with Gasteiger partial charge < -0.3 is 10.3 Å². The van der Waals surface area contributed by atoms with Gasteiger partial charge in [0.1, 0.15) is 16.5 Å². The van der Waals surface area contributed by atoms with Crippen LogP contribution in [0, 0.1) is 34.6 Å². The number of amides is 1. The average molecular weight is 484 g/mol. The van der Waals surface area contributed by atoms with E-state index in [1.54, 1.807) is 10.7 Å². The Labute approximate surface area is 199 Å². The number of anilines is 1. The van der Waals surface area contributed by atoms with E-state index in [1.165, 1.54) is 23.1 Å². The summed E-state index contributed by atoms with van der Waals surface area (Å²) in [5.41, 5.74) is 3.21. The molecule has 4 aromatic rings. The van der Waals surface area contributed by atoms with Crippen LogP contribution in [0.5, 0.6) is 0 Å². The minimum atomic E-state index is -0.387. The first-order valence-corrected chi connectivity index (χ1v) is 12.3. The van der Waals surface area contributed by atoms with E-state index in [9.17, 15) is 9.59 Å². The number of H-pyrrole nitrogens is 1. The molecule has 0 aliphatic heterocycles. The Morgan fingerprint density at radius 3 is 2.52 bits per heavy atom. The number of carbonyl (C=O) groups excluding carboxylic acids is 1. The lowest BCUT2D eigenvalue weighted by molar-refractivity contribution is -0.115. The van der Waals surface area contributed by atoms with E-state index in [-0.39, 0.29) is 16.7 Å². The fourth-order valence-corrected chi connectivity index (χ4v) is 5.22. The van der Waals surface area contributed by atoms with Gasteiger partial charge in [-0.05, 0) is 53.2 Å². The molecule has 2 N–H and O–H groups in total. The third kappa shape index (κ3) is 4.83. The van der Waals surface area contributed by atoms with Crippen LogP contribution in [0.2, 0.25) is 0 Å². The molecule has 0 aliphatic carbocycles. The second-order valence-electron chi connectivity index (χ2n) is 7.95. The average Bonchev–Trinajstić information content (AvgIpc) is 3.24. The third-order valence-corrected chi connectivity index (χ3v) is 7.43. The number of rotatable bonds is 6. The fraction of sp³-hybridized carbons (Fsp3) is 0.364. The first-order chi connectivity index (χ1) is 15.6. The molecule has 0 aliphatic rings. The summed E-state index contributed by atoms with van der Waals surface area (Å²) in [7, 11) is 0. The highest BCUT2D eigenvalue weighted by molar-refractivity contribution is 7.99. The summed E-state index contributed by atoms with van der Waals surface area (Å²) in [6.45, 7) is 11.4. The Morgan fingerprint density at radius 2 is 1.82 bits per heavy atom. The second kappa shape index (κ2) is 9.06. The van der Waals surface area contributed by atoms with Crippen molar-refractivity contribution in [2.45, 2.75) is 52.5 Å². The summed E-state index contributed by atoms with van der Waals surface area (Å²) < 4.78 is 1.54. The van der Waals surface area contributed by atoms with Gasteiger partial charge in [0, 0.05) is 22.3 Å². The van der Waals surface area contributed by atoms with E-state index in [0.29, 0.717) is 28.7 Å². The Balaban J connectivity index is 1.48. The lowest BCUT2D eigenvalue weighted by atomic mass is 10.2. The van der Waals surface area contributed by atoms with Crippen molar-refractivity contribution in [1.29, 1.82) is 0 Å². The van der Waals surface area contributed by atoms with Crippen LogP contribution in [-0.4, -0.2) is 40.9 Å². The molecule has 0 fully saturated rings. The molecule has 0 saturated heterocycles. The number of carbonyl (C=O) groups is 1. The molecular weight excluding hydrogens is 458 g/mol. The number of nitrogens with zero attached hydrogens (tertiary/aromatic N) is 5. The summed E-state index contributed by atoms with van der Waals surface area (Å²) in [6.07, 6.45) is 0. The number of hydrogen-bond donors (Lipinski definition) is 2. The predicted octanol–water partition coefficient (Wildman–Crippen LogP) is 3.76. The van der Waals surface area contributed by atoms with Gasteiger partial charge in [0.25, 0.3) is 11.5 Å². The van der Waals surface area contributed by atoms with Gasteiger partial charge in [-0.25, -0.2) is 15.0 Å². The molecule has 9 nitrogen and oxygen atoms in total. The van der Waals surface area contributed by atoms with Crippen LogP contribution in [0.15, 0.2) is 16.9 Å². The van der Waals surface area contributed by atoms with Crippen molar-refractivity contribution in [3.8, 4) is 5.95 Å². The Bertz CT molecular complexity index is 1400. The first kappa shape index (κ1) is 23.1. The highest BCUT2D eigenvalue weighted by Crippen LogP contribution is 2.27. The molecule has 11 heteroatoms. The lowest BCUT2D eigenvalue weighted by Crippen LogP contribution is -2.24. The smallest absolute Gasteiger partial charge is 0.259 e. The number of aromatic nitrogens is 6. The zero-order valence-electron chi connectivity index (χ0n) is 19.3. The molecular formula is C22H25N7O2S2. The molecule has 172 valence electrons. The number of nitrogens with one attached hydrogen (secondary N) is 2. The van der Waals surface area contributed by atoms with Crippen molar-refractivity contribution >= 4 is 45.0 Å². The van der Waals surface area contributed by atoms with E-state index >= 15 is 0 Å². The summed E-state index contributed by atoms with van der Waals surface area (Å²) in [6, 6.07) is 3.66. The summed E-state index contributed by atoms with van der Waals surface area (Å²) >= 11 is 2.91. The summed E-state index contributed by atoms with van der Waals surface area (Å²) in [5.74, 6) is 1.70. The maximum Gasteiger partial charge on any atom is 0.259 e. The van der Waals surface area contributed by atoms with Crippen LogP contribution in [0.3, 0.4) is 0 Å². The van der Waals surface area contributed by atoms with Gasteiger partial charge >= 0.3 is 0 Å². The van der Waals surface area contributed by atoms with E-state index in [2.05, 4.69) is 30.4 Å². The van der Waals surface area contributed by atoms with Gasteiger partial charge in [0.2, 0.25) is 5.91 Å². The van der Waals surface area contributed by atoms with Crippen molar-refractivity contribution in [3.63, 3.8) is 0 Å². The van der Waals surface area contributed by atoms with Crippen molar-refractivity contribution in [1.82, 2.24) is 29.7 Å². The maximum atomic E-state index is 12.9. The van der Waals surface area contributed by atoms with Crippen LogP contribution in [0.25, 0.3) is 16.2 Å². The molecule has 4 aromatic heterocycles. The monoisotopic (exact) mass is 483 g/mol. The second-order valence-corrected chi connectivity index (χ2v) is 10.5. The molecule has 0 radical (unpaired) electrons. The molecule has 1 unspecified atom stereocenters. The van der Waals surface area contributed by atoms with Gasteiger partial charge in [-0.15, -0.1) is 23.1 Å². The molecule has 1 amide bonds. The number of thiophene rings is 1. The van der Waals surface area contributed by atoms with E-state index in [4.69, 9.17) is 0 Å². The van der Waals surface area contributed by atoms with Gasteiger partial charge in [-0.2, -0.15) is 9.78 Å². The maximum absolute atomic E-state index is 12.9. The van der Waals surface area contributed by atoms with Crippen LogP contribution in [-0.2, 0) is 10.5 Å². The van der Waals surface area contributed by atoms with Crippen molar-refractivity contribution in [2.75, 3.05) is 5.32 Å². The molecule has 1 atom stereocenters. The molecule has 0 saturated carbocycles. The SMILES string of the molecule is Cc1cc(C)nc(-n2nc(C)cc2NC(=O)C(C)SCc2nc3sc(C)c(C)c3c(=O)[nH]2)n1. The van der Waals surface area contributed by atoms with Crippen molar-refractivity contribution in [3.05, 3.63) is 55.8 Å². The summed E-state index contributed by atoms with van der Waals surface area (Å²) in [5, 5.41) is 7.63. The Morgan fingerprint density at radius 1 is 1.12 bits per heavy atom. The van der Waals surface area contributed by atoms with Gasteiger partial charge in [-0.3, -0.25) is 9.59 Å². The van der Waals surface area contributed by atoms with Crippen LogP contribution >= 0.6 is 23.1 Å². The minimum absolute atomic E-state index is 0.137. The highest BCUT2D eigenvalue weighted by Gasteiger charge is 2.19. The Kier molecular flexibility index (Phi) is 6.35. The van der Waals surface area contributed by atoms with Crippen molar-refractivity contribution in [2.24, 2.45) is 0 Å². The quantitative estimate of drug-likeness (QED) is 0.429. The molecule has 0 bridgehead atoms. The minimum Gasteiger partial charge on any atom is -0.310 e. The van der Waals surface area contributed by atoms with E-state index < -0.39 is 0 Å². The van der Waals surface area contributed by atoms with Crippen LogP contribution in [0.1, 0.15) is 40.3 Å². The van der Waals surface area contributed by atoms with E-state index in [1.807, 2.05) is 47.6 Å². The molecule has 0 spiro atoms. The standard InChI is InChI=1S/C22H25N7O2S2/c1-10-7-11(2)24-22(23-10)29-17(8-12(3)28-29)27-19(30)15(6)32-9-16-25-20(31)18-13(4)14(5)33-21(18)26-16/h7-8,15H,9H2,1-6H3,(H,27,30)(H,25,26,31). The highest BCUT2D eigenvalue weighted by atomic mass is 32.2. The molecule has 4 heterocycles. The molecule has 0 aromatic carbocycles. The fourth-order valence-electron chi connectivity index (χ4n) is 3.42. The number of fused-ring (bicyclic) bond motifs is 1. The van der Waals surface area contributed by atoms with Gasteiger partial charge in [0.05, 0.1) is 22.1 Å². The molecule has 33 heavy (non-hydrogen) atoms. The number of aryl methyl sites for hydroxylation is 5. The van der Waals surface area contributed by atoms with Crippen LogP contribution in [0.4, 0.5) is 5.82 Å². The third-order valence-electron chi connectivity index (χ3n) is 5.17. The number of thioether (sulfide) groups is 1. The predicted molar refractivity (Wildman–Crippen MR) is 132 cm³/mol. The van der Waals surface area contributed by atoms with Crippen molar-refractivity contribution < 1.29 is 4.79 Å². The number of hydrogen-bond acceptors (Lipinski definition) is 8. The zero-order valence-corrected chi connectivity index (χ0v) is 20.9. The molecule has 4 rings (SSSR count). The Hall–Kier alpha value is -3.05.